The summed E-state index contributed by atoms with van der Waals surface area (Å²) in [5.74, 6) is 0.982. The highest BCUT2D eigenvalue weighted by Gasteiger charge is 2.41. The Labute approximate surface area is 101 Å². The van der Waals surface area contributed by atoms with E-state index in [0.717, 1.165) is 5.75 Å². The zero-order valence-corrected chi connectivity index (χ0v) is 11.3. The average Bonchev–Trinajstić information content (AvgIpc) is 2.15. The number of halogens is 2. The monoisotopic (exact) mass is 318 g/mol. The van der Waals surface area contributed by atoms with E-state index in [1.165, 1.54) is 5.56 Å². The molecule has 0 radical (unpaired) electrons. The van der Waals surface area contributed by atoms with Gasteiger partial charge in [0.15, 0.2) is 5.01 Å². The molecule has 0 aliphatic carbocycles. The molecule has 0 aromatic heterocycles. The molecular formula is C11H12Br2O. The first kappa shape index (κ1) is 10.5. The Bertz CT molecular complexity index is 349. The fraction of sp³-hybridized carbons (Fsp3) is 0.455. The molecule has 0 fully saturated rings. The van der Waals surface area contributed by atoms with Gasteiger partial charge in [-0.2, -0.15) is 0 Å². The van der Waals surface area contributed by atoms with Gasteiger partial charge >= 0.3 is 0 Å². The molecule has 1 aromatic rings. The number of alkyl halides is 2. The van der Waals surface area contributed by atoms with Gasteiger partial charge in [0, 0.05) is 11.0 Å². The molecule has 3 heteroatoms. The van der Waals surface area contributed by atoms with Gasteiger partial charge in [0.05, 0.1) is 4.83 Å². The molecule has 0 spiro atoms. The summed E-state index contributed by atoms with van der Waals surface area (Å²) in [6.45, 7) is 4.45. The third kappa shape index (κ3) is 1.50. The Balaban J connectivity index is 2.54. The highest BCUT2D eigenvalue weighted by atomic mass is 79.9. The third-order valence-corrected chi connectivity index (χ3v) is 5.79. The fourth-order valence-electron chi connectivity index (χ4n) is 1.76. The minimum atomic E-state index is 0.0346. The lowest BCUT2D eigenvalue weighted by molar-refractivity contribution is 0.223. The summed E-state index contributed by atoms with van der Waals surface area (Å²) in [5, 5.41) is 0.0346. The van der Waals surface area contributed by atoms with E-state index in [9.17, 15) is 0 Å². The van der Waals surface area contributed by atoms with Gasteiger partial charge in [0.2, 0.25) is 0 Å². The molecular weight excluding hydrogens is 308 g/mol. The molecule has 1 nitrogen and oxygen atoms in total. The molecule has 0 saturated carbocycles. The fourth-order valence-corrected chi connectivity index (χ4v) is 2.98. The highest BCUT2D eigenvalue weighted by Crippen LogP contribution is 2.45. The van der Waals surface area contributed by atoms with Crippen LogP contribution in [0.2, 0.25) is 0 Å². The molecule has 1 aromatic carbocycles. The van der Waals surface area contributed by atoms with Crippen molar-refractivity contribution in [2.75, 3.05) is 0 Å². The summed E-state index contributed by atoms with van der Waals surface area (Å²) >= 11 is 7.20. The van der Waals surface area contributed by atoms with Crippen LogP contribution in [0.4, 0.5) is 0 Å². The van der Waals surface area contributed by atoms with E-state index < -0.39 is 0 Å². The topological polar surface area (TPSA) is 9.23 Å². The lowest BCUT2D eigenvalue weighted by Crippen LogP contribution is -2.42. The van der Waals surface area contributed by atoms with E-state index in [1.807, 2.05) is 12.1 Å². The predicted molar refractivity (Wildman–Crippen MR) is 65.5 cm³/mol. The van der Waals surface area contributed by atoms with Gasteiger partial charge in [0.1, 0.15) is 5.75 Å². The van der Waals surface area contributed by atoms with Crippen LogP contribution >= 0.6 is 31.9 Å². The van der Waals surface area contributed by atoms with E-state index in [2.05, 4.69) is 57.8 Å². The van der Waals surface area contributed by atoms with Crippen molar-refractivity contribution in [3.63, 3.8) is 0 Å². The van der Waals surface area contributed by atoms with Gasteiger partial charge in [-0.15, -0.1) is 0 Å². The van der Waals surface area contributed by atoms with E-state index in [-0.39, 0.29) is 15.3 Å². The maximum atomic E-state index is 5.75. The first-order valence-electron chi connectivity index (χ1n) is 4.58. The lowest BCUT2D eigenvalue weighted by Gasteiger charge is -2.40. The van der Waals surface area contributed by atoms with Crippen molar-refractivity contribution in [1.82, 2.24) is 0 Å². The molecule has 1 aliphatic heterocycles. The molecule has 0 N–H and O–H groups in total. The molecule has 2 atom stereocenters. The molecule has 0 bridgehead atoms. The number of fused-ring (bicyclic) bond motifs is 1. The van der Waals surface area contributed by atoms with E-state index in [4.69, 9.17) is 4.74 Å². The zero-order valence-electron chi connectivity index (χ0n) is 8.13. The van der Waals surface area contributed by atoms with Crippen molar-refractivity contribution in [2.45, 2.75) is 29.1 Å². The van der Waals surface area contributed by atoms with E-state index in [0.29, 0.717) is 0 Å². The molecule has 0 amide bonds. The molecule has 1 heterocycles. The molecule has 2 rings (SSSR count). The predicted octanol–water partition coefficient (Wildman–Crippen LogP) is 3.84. The Morgan fingerprint density at radius 2 is 1.86 bits per heavy atom. The van der Waals surface area contributed by atoms with Crippen LogP contribution in [0.5, 0.6) is 5.75 Å². The summed E-state index contributed by atoms with van der Waals surface area (Å²) in [6.07, 6.45) is 0. The second-order valence-corrected chi connectivity index (χ2v) is 5.98. The maximum Gasteiger partial charge on any atom is 0.166 e. The van der Waals surface area contributed by atoms with Crippen LogP contribution in [0.15, 0.2) is 24.3 Å². The molecule has 0 unspecified atom stereocenters. The number of ether oxygens (including phenoxy) is 1. The van der Waals surface area contributed by atoms with Gasteiger partial charge in [-0.25, -0.2) is 0 Å². The smallest absolute Gasteiger partial charge is 0.166 e. The minimum absolute atomic E-state index is 0.0346. The van der Waals surface area contributed by atoms with Crippen LogP contribution in [-0.2, 0) is 5.41 Å². The molecule has 1 aliphatic rings. The summed E-state index contributed by atoms with van der Waals surface area (Å²) in [7, 11) is 0. The van der Waals surface area contributed by atoms with Crippen LogP contribution in [0, 0.1) is 0 Å². The quantitative estimate of drug-likeness (QED) is 0.660. The Morgan fingerprint density at radius 3 is 2.57 bits per heavy atom. The van der Waals surface area contributed by atoms with Crippen LogP contribution < -0.4 is 4.74 Å². The number of benzene rings is 1. The van der Waals surface area contributed by atoms with Crippen molar-refractivity contribution >= 4 is 31.9 Å². The summed E-state index contributed by atoms with van der Waals surface area (Å²) < 4.78 is 5.75. The van der Waals surface area contributed by atoms with Crippen molar-refractivity contribution in [1.29, 1.82) is 0 Å². The highest BCUT2D eigenvalue weighted by molar-refractivity contribution is 9.12. The van der Waals surface area contributed by atoms with Crippen molar-refractivity contribution in [3.05, 3.63) is 29.8 Å². The van der Waals surface area contributed by atoms with Crippen molar-refractivity contribution < 1.29 is 4.74 Å². The SMILES string of the molecule is CC1(C)c2ccccc2O[C@H](Br)[C@H]1Br. The Kier molecular flexibility index (Phi) is 2.64. The second-order valence-electron chi connectivity index (χ2n) is 4.09. The zero-order chi connectivity index (χ0) is 10.3. The molecule has 76 valence electrons. The largest absolute Gasteiger partial charge is 0.478 e. The van der Waals surface area contributed by atoms with Gasteiger partial charge in [-0.1, -0.05) is 48.0 Å². The van der Waals surface area contributed by atoms with Gasteiger partial charge < -0.3 is 4.74 Å². The van der Waals surface area contributed by atoms with Crippen LogP contribution in [0.3, 0.4) is 0 Å². The lowest BCUT2D eigenvalue weighted by atomic mass is 9.80. The standard InChI is InChI=1S/C11H12Br2O/c1-11(2)7-5-3-4-6-8(7)14-10(13)9(11)12/h3-6,9-10H,1-2H3/t9-,10+/m1/s1. The number of hydrogen-bond donors (Lipinski definition) is 0. The maximum absolute atomic E-state index is 5.75. The first-order valence-corrected chi connectivity index (χ1v) is 6.41. The minimum Gasteiger partial charge on any atom is -0.478 e. The van der Waals surface area contributed by atoms with Gasteiger partial charge in [0.25, 0.3) is 0 Å². The van der Waals surface area contributed by atoms with E-state index >= 15 is 0 Å². The van der Waals surface area contributed by atoms with Gasteiger partial charge in [-0.05, 0) is 22.0 Å². The summed E-state index contributed by atoms with van der Waals surface area (Å²) in [6, 6.07) is 8.20. The summed E-state index contributed by atoms with van der Waals surface area (Å²) in [5.41, 5.74) is 1.35. The Hall–Kier alpha value is -0.0200. The molecule has 0 saturated heterocycles. The average molecular weight is 320 g/mol. The molecule has 14 heavy (non-hydrogen) atoms. The number of hydrogen-bond acceptors (Lipinski definition) is 1. The van der Waals surface area contributed by atoms with Crippen LogP contribution in [-0.4, -0.2) is 9.84 Å². The van der Waals surface area contributed by atoms with Crippen molar-refractivity contribution in [2.24, 2.45) is 0 Å². The van der Waals surface area contributed by atoms with E-state index in [1.54, 1.807) is 0 Å². The van der Waals surface area contributed by atoms with Crippen LogP contribution in [0.1, 0.15) is 19.4 Å². The first-order chi connectivity index (χ1) is 6.53. The van der Waals surface area contributed by atoms with Crippen molar-refractivity contribution in [3.8, 4) is 5.75 Å². The number of para-hydroxylation sites is 1. The second kappa shape index (κ2) is 3.53. The van der Waals surface area contributed by atoms with Gasteiger partial charge in [-0.3, -0.25) is 0 Å². The van der Waals surface area contributed by atoms with Crippen LogP contribution in [0.25, 0.3) is 0 Å². The Morgan fingerprint density at radius 1 is 1.21 bits per heavy atom. The summed E-state index contributed by atoms with van der Waals surface area (Å²) in [4.78, 5) is 0.282. The normalized spacial score (nSPS) is 29.1. The third-order valence-electron chi connectivity index (χ3n) is 2.74. The number of rotatable bonds is 0.